The van der Waals surface area contributed by atoms with Gasteiger partial charge >= 0.3 is 6.61 Å². The Labute approximate surface area is 210 Å². The Kier molecular flexibility index (Phi) is 10.6. The van der Waals surface area contributed by atoms with Crippen LogP contribution in [0, 0.1) is 0 Å². The minimum Gasteiger partial charge on any atom is -0.433 e. The molecule has 0 saturated carbocycles. The Hall–Kier alpha value is -2.63. The number of hydrogen-bond acceptors (Lipinski definition) is 4. The molecule has 1 fully saturated rings. The fraction of sp³-hybridized carbons (Fsp3) is 0.391. The molecule has 0 radical (unpaired) electrons. The molecule has 0 aromatic heterocycles. The Morgan fingerprint density at radius 1 is 1.21 bits per heavy atom. The Morgan fingerprint density at radius 2 is 1.94 bits per heavy atom. The van der Waals surface area contributed by atoms with Gasteiger partial charge in [0.2, 0.25) is 0 Å². The van der Waals surface area contributed by atoms with Gasteiger partial charge in [0.15, 0.2) is 5.96 Å². The summed E-state index contributed by atoms with van der Waals surface area (Å²) in [6.07, 6.45) is 0.842. The van der Waals surface area contributed by atoms with E-state index in [1.165, 1.54) is 0 Å². The van der Waals surface area contributed by atoms with Gasteiger partial charge in [-0.15, -0.1) is 24.0 Å². The number of carbonyl (C=O) groups excluding carboxylic acids is 1. The molecule has 33 heavy (non-hydrogen) atoms. The monoisotopic (exact) mass is 573 g/mol. The van der Waals surface area contributed by atoms with E-state index in [1.807, 2.05) is 30.0 Å². The molecule has 1 aliphatic heterocycles. The van der Waals surface area contributed by atoms with Crippen LogP contribution < -0.4 is 25.6 Å². The van der Waals surface area contributed by atoms with E-state index < -0.39 is 6.61 Å². The predicted molar refractivity (Wildman–Crippen MR) is 137 cm³/mol. The summed E-state index contributed by atoms with van der Waals surface area (Å²) in [7, 11) is 1.60. The quantitative estimate of drug-likeness (QED) is 0.256. The molecule has 3 rings (SSSR count). The van der Waals surface area contributed by atoms with Crippen LogP contribution >= 0.6 is 24.0 Å². The minimum atomic E-state index is -2.86. The highest BCUT2D eigenvalue weighted by Gasteiger charge is 2.26. The largest absolute Gasteiger partial charge is 0.433 e. The number of rotatable bonds is 8. The van der Waals surface area contributed by atoms with Crippen LogP contribution in [0.5, 0.6) is 5.75 Å². The summed E-state index contributed by atoms with van der Waals surface area (Å²) < 4.78 is 30.1. The fourth-order valence-corrected chi connectivity index (χ4v) is 3.60. The molecule has 2 aromatic carbocycles. The van der Waals surface area contributed by atoms with Crippen molar-refractivity contribution in [1.29, 1.82) is 0 Å². The van der Waals surface area contributed by atoms with E-state index in [2.05, 4.69) is 25.7 Å². The standard InChI is InChI=1S/C23H29F2N5O2.HI/c1-3-27-23(28-14-16-8-10-17(11-9-16)21(31)26-2)29-18-12-13-30(15-18)19-6-4-5-7-20(19)32-22(24)25;/h4-11,18,22H,3,12-15H2,1-2H3,(H,26,31)(H2,27,28,29);1H. The number of nitrogens with zero attached hydrogens (tertiary/aromatic N) is 2. The number of carbonyl (C=O) groups is 1. The molecule has 0 bridgehead atoms. The van der Waals surface area contributed by atoms with E-state index in [4.69, 9.17) is 0 Å². The average molecular weight is 573 g/mol. The fourth-order valence-electron chi connectivity index (χ4n) is 3.60. The highest BCUT2D eigenvalue weighted by atomic mass is 127. The molecule has 1 saturated heterocycles. The third kappa shape index (κ3) is 7.72. The number of hydrogen-bond donors (Lipinski definition) is 3. The lowest BCUT2D eigenvalue weighted by molar-refractivity contribution is -0.0495. The van der Waals surface area contributed by atoms with Crippen molar-refractivity contribution < 1.29 is 18.3 Å². The van der Waals surface area contributed by atoms with E-state index in [-0.39, 0.29) is 41.7 Å². The van der Waals surface area contributed by atoms with Crippen molar-refractivity contribution >= 4 is 41.5 Å². The lowest BCUT2D eigenvalue weighted by Crippen LogP contribution is -2.44. The number of guanidine groups is 1. The first-order valence-electron chi connectivity index (χ1n) is 10.6. The zero-order valence-electron chi connectivity index (χ0n) is 18.7. The average Bonchev–Trinajstić information content (AvgIpc) is 3.25. The Morgan fingerprint density at radius 3 is 2.61 bits per heavy atom. The first-order valence-corrected chi connectivity index (χ1v) is 10.6. The lowest BCUT2D eigenvalue weighted by Gasteiger charge is -2.22. The van der Waals surface area contributed by atoms with Crippen LogP contribution in [0.25, 0.3) is 0 Å². The van der Waals surface area contributed by atoms with Crippen LogP contribution in [0.15, 0.2) is 53.5 Å². The smallest absolute Gasteiger partial charge is 0.387 e. The summed E-state index contributed by atoms with van der Waals surface area (Å²) in [6.45, 7) is 1.68. The second kappa shape index (κ2) is 13.2. The first kappa shape index (κ1) is 26.6. The maximum Gasteiger partial charge on any atom is 0.387 e. The number of alkyl halides is 2. The highest BCUT2D eigenvalue weighted by Crippen LogP contribution is 2.31. The van der Waals surface area contributed by atoms with E-state index in [0.717, 1.165) is 18.5 Å². The normalized spacial score (nSPS) is 15.7. The van der Waals surface area contributed by atoms with Gasteiger partial charge in [-0.05, 0) is 43.2 Å². The summed E-state index contributed by atoms with van der Waals surface area (Å²) in [4.78, 5) is 18.4. The molecule has 0 aliphatic carbocycles. The molecule has 0 spiro atoms. The second-order valence-corrected chi connectivity index (χ2v) is 7.39. The van der Waals surface area contributed by atoms with Gasteiger partial charge in [0, 0.05) is 38.3 Å². The first-order chi connectivity index (χ1) is 15.5. The summed E-state index contributed by atoms with van der Waals surface area (Å²) in [5, 5.41) is 9.27. The molecular weight excluding hydrogens is 543 g/mol. The number of para-hydroxylation sites is 2. The molecule has 1 amide bonds. The molecule has 10 heteroatoms. The van der Waals surface area contributed by atoms with Crippen molar-refractivity contribution in [1.82, 2.24) is 16.0 Å². The Bertz CT molecular complexity index is 927. The maximum absolute atomic E-state index is 12.7. The van der Waals surface area contributed by atoms with E-state index in [0.29, 0.717) is 36.8 Å². The van der Waals surface area contributed by atoms with E-state index >= 15 is 0 Å². The van der Waals surface area contributed by atoms with Gasteiger partial charge in [-0.2, -0.15) is 8.78 Å². The number of halogens is 3. The van der Waals surface area contributed by atoms with Crippen LogP contribution in [0.1, 0.15) is 29.3 Å². The molecule has 1 atom stereocenters. The number of benzene rings is 2. The van der Waals surface area contributed by atoms with Gasteiger partial charge in [-0.3, -0.25) is 4.79 Å². The summed E-state index contributed by atoms with van der Waals surface area (Å²) in [5.74, 6) is 0.747. The third-order valence-corrected chi connectivity index (χ3v) is 5.16. The third-order valence-electron chi connectivity index (χ3n) is 5.16. The SMILES string of the molecule is CCNC(=NCc1ccc(C(=O)NC)cc1)NC1CCN(c2ccccc2OC(F)F)C1.I. The lowest BCUT2D eigenvalue weighted by atomic mass is 10.1. The molecule has 7 nitrogen and oxygen atoms in total. The van der Waals surface area contributed by atoms with Crippen LogP contribution in [0.2, 0.25) is 0 Å². The molecule has 180 valence electrons. The second-order valence-electron chi connectivity index (χ2n) is 7.39. The van der Waals surface area contributed by atoms with Crippen molar-refractivity contribution in [2.45, 2.75) is 32.5 Å². The van der Waals surface area contributed by atoms with Crippen molar-refractivity contribution in [2.75, 3.05) is 31.6 Å². The minimum absolute atomic E-state index is 0. The van der Waals surface area contributed by atoms with Gasteiger partial charge in [0.05, 0.1) is 12.2 Å². The molecule has 3 N–H and O–H groups in total. The van der Waals surface area contributed by atoms with Gasteiger partial charge in [-0.1, -0.05) is 24.3 Å². The number of amides is 1. The zero-order chi connectivity index (χ0) is 22.9. The number of ether oxygens (including phenoxy) is 1. The van der Waals surface area contributed by atoms with Gasteiger partial charge < -0.3 is 25.6 Å². The molecule has 2 aromatic rings. The summed E-state index contributed by atoms with van der Waals surface area (Å²) in [6, 6.07) is 14.3. The molecule has 1 aliphatic rings. The van der Waals surface area contributed by atoms with E-state index in [1.54, 1.807) is 37.4 Å². The summed E-state index contributed by atoms with van der Waals surface area (Å²) in [5.41, 5.74) is 2.25. The van der Waals surface area contributed by atoms with Crippen molar-refractivity contribution in [2.24, 2.45) is 4.99 Å². The van der Waals surface area contributed by atoms with Gasteiger partial charge in [0.25, 0.3) is 5.91 Å². The molecular formula is C23H30F2IN5O2. The van der Waals surface area contributed by atoms with Gasteiger partial charge in [0.1, 0.15) is 5.75 Å². The Balaban J connectivity index is 0.00000385. The highest BCUT2D eigenvalue weighted by molar-refractivity contribution is 14.0. The van der Waals surface area contributed by atoms with Crippen molar-refractivity contribution in [3.8, 4) is 5.75 Å². The number of aliphatic imine (C=N–C) groups is 1. The van der Waals surface area contributed by atoms with Crippen LogP contribution in [0.3, 0.4) is 0 Å². The molecule has 1 unspecified atom stereocenters. The van der Waals surface area contributed by atoms with Crippen LogP contribution in [-0.4, -0.2) is 51.2 Å². The van der Waals surface area contributed by atoms with Crippen LogP contribution in [-0.2, 0) is 6.54 Å². The topological polar surface area (TPSA) is 78.0 Å². The number of nitrogens with one attached hydrogen (secondary N) is 3. The van der Waals surface area contributed by atoms with Crippen LogP contribution in [0.4, 0.5) is 14.5 Å². The van der Waals surface area contributed by atoms with Crippen molar-refractivity contribution in [3.05, 3.63) is 59.7 Å². The summed E-state index contributed by atoms with van der Waals surface area (Å²) >= 11 is 0. The number of anilines is 1. The maximum atomic E-state index is 12.7. The zero-order valence-corrected chi connectivity index (χ0v) is 21.0. The van der Waals surface area contributed by atoms with E-state index in [9.17, 15) is 13.6 Å². The predicted octanol–water partition coefficient (Wildman–Crippen LogP) is 3.60. The molecule has 1 heterocycles. The van der Waals surface area contributed by atoms with Crippen molar-refractivity contribution in [3.63, 3.8) is 0 Å². The van der Waals surface area contributed by atoms with Gasteiger partial charge in [-0.25, -0.2) is 4.99 Å².